The van der Waals surface area contributed by atoms with E-state index in [0.29, 0.717) is 5.22 Å². The minimum absolute atomic E-state index is 0.354. The number of benzene rings is 3. The highest BCUT2D eigenvalue weighted by atomic mass is 19.2. The molecule has 3 aromatic rings. The second-order valence-corrected chi connectivity index (χ2v) is 5.69. The smallest absolute Gasteiger partial charge is 0.166 e. The van der Waals surface area contributed by atoms with Gasteiger partial charge in [0.1, 0.15) is 0 Å². The van der Waals surface area contributed by atoms with Gasteiger partial charge in [-0.3, -0.25) is 0 Å². The molecule has 0 nitrogen and oxygen atoms in total. The highest BCUT2D eigenvalue weighted by molar-refractivity contribution is 5.70. The van der Waals surface area contributed by atoms with Crippen LogP contribution in [-0.4, -0.2) is 0 Å². The van der Waals surface area contributed by atoms with Crippen molar-refractivity contribution in [3.8, 4) is 0 Å². The summed E-state index contributed by atoms with van der Waals surface area (Å²) in [6, 6.07) is 15.1. The Hall–Kier alpha value is -2.74. The predicted octanol–water partition coefficient (Wildman–Crippen LogP) is 2.82. The first-order valence-corrected chi connectivity index (χ1v) is 7.18. The summed E-state index contributed by atoms with van der Waals surface area (Å²) >= 11 is 0. The molecule has 0 saturated carbocycles. The molecule has 0 amide bonds. The molecule has 2 aliphatic carbocycles. The van der Waals surface area contributed by atoms with E-state index < -0.39 is 11.6 Å². The molecule has 0 aromatic heterocycles. The van der Waals surface area contributed by atoms with Crippen LogP contribution in [-0.2, 0) is 0 Å². The van der Waals surface area contributed by atoms with Crippen LogP contribution in [0.3, 0.4) is 0 Å². The molecule has 3 aromatic carbocycles. The average Bonchev–Trinajstić information content (AvgIpc) is 3.09. The van der Waals surface area contributed by atoms with Gasteiger partial charge in [-0.2, -0.15) is 0 Å². The molecule has 22 heavy (non-hydrogen) atoms. The van der Waals surface area contributed by atoms with E-state index in [4.69, 9.17) is 0 Å². The lowest BCUT2D eigenvalue weighted by atomic mass is 10.0. The third-order valence-corrected chi connectivity index (χ3v) is 4.55. The summed E-state index contributed by atoms with van der Waals surface area (Å²) < 4.78 is 27.5. The molecule has 0 spiro atoms. The summed E-state index contributed by atoms with van der Waals surface area (Å²) in [6.07, 6.45) is 3.89. The molecule has 5 rings (SSSR count). The van der Waals surface area contributed by atoms with Gasteiger partial charge in [0.25, 0.3) is 0 Å². The molecule has 0 N–H and O–H groups in total. The molecule has 0 radical (unpaired) electrons. The second-order valence-electron chi connectivity index (χ2n) is 5.69. The first-order chi connectivity index (χ1) is 10.7. The first-order valence-electron chi connectivity index (χ1n) is 7.18. The molecule has 2 aliphatic rings. The van der Waals surface area contributed by atoms with Crippen LogP contribution in [0.2, 0.25) is 0 Å². The summed E-state index contributed by atoms with van der Waals surface area (Å²) in [6.45, 7) is 0. The maximum absolute atomic E-state index is 14.1. The van der Waals surface area contributed by atoms with Crippen LogP contribution in [0.4, 0.5) is 8.78 Å². The Bertz CT molecular complexity index is 1290. The van der Waals surface area contributed by atoms with Crippen LogP contribution >= 0.6 is 0 Å². The van der Waals surface area contributed by atoms with Gasteiger partial charge < -0.3 is 0 Å². The van der Waals surface area contributed by atoms with Crippen molar-refractivity contribution in [1.82, 2.24) is 0 Å². The van der Waals surface area contributed by atoms with Gasteiger partial charge in [0, 0.05) is 5.22 Å². The maximum atomic E-state index is 14.1. The number of halogens is 2. The minimum Gasteiger partial charge on any atom is -0.204 e. The Labute approximate surface area is 124 Å². The summed E-state index contributed by atoms with van der Waals surface area (Å²) in [5.74, 6) is -1.57. The predicted molar refractivity (Wildman–Crippen MR) is 81.0 cm³/mol. The van der Waals surface area contributed by atoms with Gasteiger partial charge in [0.2, 0.25) is 0 Å². The molecule has 0 unspecified atom stereocenters. The van der Waals surface area contributed by atoms with Crippen molar-refractivity contribution in [2.24, 2.45) is 0 Å². The molecular formula is C20H10F2. The van der Waals surface area contributed by atoms with Crippen molar-refractivity contribution in [2.75, 3.05) is 0 Å². The van der Waals surface area contributed by atoms with Crippen molar-refractivity contribution in [3.05, 3.63) is 103 Å². The first kappa shape index (κ1) is 11.9. The largest absolute Gasteiger partial charge is 0.204 e. The number of fused-ring (bicyclic) bond motifs is 5. The number of hydrogen-bond acceptors (Lipinski definition) is 0. The molecule has 104 valence electrons. The normalized spacial score (nSPS) is 12.8. The van der Waals surface area contributed by atoms with Crippen LogP contribution in [0.5, 0.6) is 0 Å². The lowest BCUT2D eigenvalue weighted by Gasteiger charge is -1.98. The standard InChI is InChI=1S/C20H10F2/c21-19-8-7-15-14-6-5-13-12-4-2-1-3-11(12)9-16(13)17(14)10-18(15)20(19)22/h1-10H. The summed E-state index contributed by atoms with van der Waals surface area (Å²) in [5, 5.41) is 5.60. The van der Waals surface area contributed by atoms with Crippen LogP contribution < -0.4 is 10.4 Å². The molecule has 0 saturated heterocycles. The van der Waals surface area contributed by atoms with E-state index in [9.17, 15) is 8.78 Å². The fourth-order valence-electron chi connectivity index (χ4n) is 3.53. The van der Waals surface area contributed by atoms with E-state index in [1.54, 1.807) is 12.1 Å². The Morgan fingerprint density at radius 2 is 1.27 bits per heavy atom. The van der Waals surface area contributed by atoms with E-state index in [-0.39, 0.29) is 0 Å². The van der Waals surface area contributed by atoms with Crippen LogP contribution in [0.1, 0.15) is 11.1 Å². The average molecular weight is 288 g/mol. The summed E-state index contributed by atoms with van der Waals surface area (Å²) in [5.41, 5.74) is 2.07. The van der Waals surface area contributed by atoms with E-state index in [1.165, 1.54) is 16.5 Å². The quantitative estimate of drug-likeness (QED) is 0.411. The third kappa shape index (κ3) is 1.34. The van der Waals surface area contributed by atoms with Gasteiger partial charge in [-0.1, -0.05) is 42.5 Å². The molecule has 0 bridgehead atoms. The van der Waals surface area contributed by atoms with Crippen molar-refractivity contribution in [2.45, 2.75) is 0 Å². The van der Waals surface area contributed by atoms with Crippen molar-refractivity contribution >= 4 is 12.2 Å². The Morgan fingerprint density at radius 1 is 0.591 bits per heavy atom. The summed E-state index contributed by atoms with van der Waals surface area (Å²) in [4.78, 5) is 0. The van der Waals surface area contributed by atoms with Crippen molar-refractivity contribution in [3.63, 3.8) is 0 Å². The topological polar surface area (TPSA) is 0 Å². The van der Waals surface area contributed by atoms with E-state index in [0.717, 1.165) is 26.8 Å². The second kappa shape index (κ2) is 3.92. The van der Waals surface area contributed by atoms with Gasteiger partial charge in [-0.15, -0.1) is 0 Å². The Morgan fingerprint density at radius 3 is 2.14 bits per heavy atom. The van der Waals surface area contributed by atoms with Gasteiger partial charge in [-0.05, 0) is 55.4 Å². The number of hydrogen-bond donors (Lipinski definition) is 0. The van der Waals surface area contributed by atoms with Crippen molar-refractivity contribution < 1.29 is 8.78 Å². The molecule has 0 fully saturated rings. The highest BCUT2D eigenvalue weighted by Gasteiger charge is 2.14. The fourth-order valence-corrected chi connectivity index (χ4v) is 3.53. The molecule has 0 aliphatic heterocycles. The Balaban J connectivity index is 2.05. The van der Waals surface area contributed by atoms with Crippen LogP contribution in [0, 0.1) is 32.5 Å². The number of rotatable bonds is 0. The summed E-state index contributed by atoms with van der Waals surface area (Å²) in [7, 11) is 0. The zero-order valence-electron chi connectivity index (χ0n) is 11.5. The zero-order valence-corrected chi connectivity index (χ0v) is 11.5. The lowest BCUT2D eigenvalue weighted by molar-refractivity contribution is 0.502. The fraction of sp³-hybridized carbons (Fsp3) is 0. The third-order valence-electron chi connectivity index (χ3n) is 4.55. The van der Waals surface area contributed by atoms with E-state index in [1.807, 2.05) is 18.2 Å². The van der Waals surface area contributed by atoms with E-state index in [2.05, 4.69) is 24.3 Å². The molecule has 0 heterocycles. The van der Waals surface area contributed by atoms with Crippen molar-refractivity contribution in [1.29, 1.82) is 0 Å². The minimum atomic E-state index is -0.799. The van der Waals surface area contributed by atoms with Crippen LogP contribution in [0.15, 0.2) is 48.5 Å². The maximum Gasteiger partial charge on any atom is 0.166 e. The molecular weight excluding hydrogens is 278 g/mol. The van der Waals surface area contributed by atoms with Crippen LogP contribution in [0.25, 0.3) is 12.2 Å². The van der Waals surface area contributed by atoms with Gasteiger partial charge in [-0.25, -0.2) is 8.78 Å². The Kier molecular flexibility index (Phi) is 2.11. The van der Waals surface area contributed by atoms with E-state index >= 15 is 0 Å². The molecule has 2 heteroatoms. The lowest BCUT2D eigenvalue weighted by Crippen LogP contribution is -2.09. The monoisotopic (exact) mass is 288 g/mol. The molecule has 0 atom stereocenters. The van der Waals surface area contributed by atoms with Gasteiger partial charge in [0.05, 0.1) is 0 Å². The van der Waals surface area contributed by atoms with Gasteiger partial charge >= 0.3 is 0 Å². The van der Waals surface area contributed by atoms with Gasteiger partial charge in [0.15, 0.2) is 11.6 Å². The highest BCUT2D eigenvalue weighted by Crippen LogP contribution is 2.21. The zero-order chi connectivity index (χ0) is 14.8. The SMILES string of the molecule is Fc1ccc2c(c1F)=Cc1c3c(ccc1=2)=c1ccccc1=C3.